The highest BCUT2D eigenvalue weighted by atomic mass is 35.5. The van der Waals surface area contributed by atoms with Gasteiger partial charge in [0.1, 0.15) is 5.69 Å². The molecular formula is C22H22ClFN4O. The zero-order valence-corrected chi connectivity index (χ0v) is 16.9. The number of allylic oxidation sites excluding steroid dienone is 2. The smallest absolute Gasteiger partial charge is 0.255 e. The van der Waals surface area contributed by atoms with Crippen LogP contribution in [0.3, 0.4) is 0 Å². The first-order valence-electron chi connectivity index (χ1n) is 9.79. The maximum Gasteiger partial charge on any atom is 0.255 e. The lowest BCUT2D eigenvalue weighted by Gasteiger charge is -2.11. The minimum atomic E-state index is -0.422. The summed E-state index contributed by atoms with van der Waals surface area (Å²) in [5.74, 6) is 0.184. The van der Waals surface area contributed by atoms with E-state index in [1.165, 1.54) is 18.4 Å². The van der Waals surface area contributed by atoms with Crippen molar-refractivity contribution in [2.45, 2.75) is 44.4 Å². The number of amides is 1. The predicted molar refractivity (Wildman–Crippen MR) is 113 cm³/mol. The van der Waals surface area contributed by atoms with Gasteiger partial charge in [-0.25, -0.2) is 9.07 Å². The third kappa shape index (κ3) is 4.48. The molecule has 1 aromatic heterocycles. The van der Waals surface area contributed by atoms with Gasteiger partial charge in [-0.15, -0.1) is 0 Å². The Morgan fingerprint density at radius 3 is 2.66 bits per heavy atom. The van der Waals surface area contributed by atoms with Gasteiger partial charge >= 0.3 is 0 Å². The summed E-state index contributed by atoms with van der Waals surface area (Å²) < 4.78 is 20.0. The summed E-state index contributed by atoms with van der Waals surface area (Å²) in [6, 6.07) is 6.82. The van der Waals surface area contributed by atoms with Gasteiger partial charge in [0.25, 0.3) is 5.91 Å². The predicted octanol–water partition coefficient (Wildman–Crippen LogP) is 5.43. The van der Waals surface area contributed by atoms with Gasteiger partial charge in [0, 0.05) is 46.8 Å². The number of hydrogen-bond acceptors (Lipinski definition) is 3. The Labute approximate surface area is 174 Å². The molecule has 4 rings (SSSR count). The zero-order valence-electron chi connectivity index (χ0n) is 16.1. The zero-order chi connectivity index (χ0) is 20.4. The standard InChI is InChI=1S/C22H22ClFN4O/c1-2-3-16(10-11-25-23)22(29)26-17-8-9-20(18(24)12-17)28-21(15-6-7-15)13-19(27-28)14-4-5-14/h2-3,8-15H,4-7H2,1H3,(H,26,29)/b3-2-,16-10+,25-11?. The topological polar surface area (TPSA) is 59.3 Å². The second kappa shape index (κ2) is 8.33. The Balaban J connectivity index is 1.58. The van der Waals surface area contributed by atoms with Crippen molar-refractivity contribution in [2.75, 3.05) is 5.32 Å². The molecule has 0 aliphatic heterocycles. The first-order valence-corrected chi connectivity index (χ1v) is 10.1. The number of carbonyl (C=O) groups is 1. The Kier molecular flexibility index (Phi) is 5.62. The average molecular weight is 413 g/mol. The van der Waals surface area contributed by atoms with E-state index >= 15 is 0 Å². The van der Waals surface area contributed by atoms with Gasteiger partial charge in [-0.05, 0) is 62.9 Å². The lowest BCUT2D eigenvalue weighted by molar-refractivity contribution is -0.112. The highest BCUT2D eigenvalue weighted by Crippen LogP contribution is 2.45. The Morgan fingerprint density at radius 1 is 1.28 bits per heavy atom. The van der Waals surface area contributed by atoms with Crippen LogP contribution in [0.2, 0.25) is 0 Å². The summed E-state index contributed by atoms with van der Waals surface area (Å²) in [5.41, 5.74) is 3.29. The molecule has 2 aliphatic rings. The van der Waals surface area contributed by atoms with Crippen molar-refractivity contribution in [3.63, 3.8) is 0 Å². The van der Waals surface area contributed by atoms with Crippen LogP contribution in [0.1, 0.15) is 55.8 Å². The number of carbonyl (C=O) groups excluding carboxylic acids is 1. The van der Waals surface area contributed by atoms with Gasteiger partial charge in [-0.3, -0.25) is 4.79 Å². The molecule has 29 heavy (non-hydrogen) atoms. The van der Waals surface area contributed by atoms with Gasteiger partial charge in [-0.2, -0.15) is 9.61 Å². The molecule has 0 saturated heterocycles. The molecule has 2 aliphatic carbocycles. The maximum absolute atomic E-state index is 14.9. The fraction of sp³-hybridized carbons (Fsp3) is 0.318. The fourth-order valence-corrected chi connectivity index (χ4v) is 3.37. The molecule has 1 aromatic carbocycles. The summed E-state index contributed by atoms with van der Waals surface area (Å²) in [5, 5.41) is 7.39. The van der Waals surface area contributed by atoms with Crippen LogP contribution in [0.15, 0.2) is 52.6 Å². The van der Waals surface area contributed by atoms with Crippen LogP contribution < -0.4 is 5.32 Å². The van der Waals surface area contributed by atoms with E-state index in [1.54, 1.807) is 35.9 Å². The summed E-state index contributed by atoms with van der Waals surface area (Å²) in [6.07, 6.45) is 10.7. The van der Waals surface area contributed by atoms with Crippen LogP contribution >= 0.6 is 11.8 Å². The highest BCUT2D eigenvalue weighted by molar-refractivity contribution is 6.19. The van der Waals surface area contributed by atoms with Crippen molar-refractivity contribution in [3.8, 4) is 5.69 Å². The van der Waals surface area contributed by atoms with Crippen molar-refractivity contribution in [3.05, 3.63) is 65.3 Å². The molecule has 0 bridgehead atoms. The van der Waals surface area contributed by atoms with Crippen molar-refractivity contribution >= 4 is 29.6 Å². The molecule has 1 amide bonds. The van der Waals surface area contributed by atoms with Crippen LogP contribution in [-0.2, 0) is 4.79 Å². The second-order valence-corrected chi connectivity index (χ2v) is 7.64. The lowest BCUT2D eigenvalue weighted by atomic mass is 10.2. The normalized spacial score (nSPS) is 17.4. The van der Waals surface area contributed by atoms with Gasteiger partial charge in [0.2, 0.25) is 0 Å². The quantitative estimate of drug-likeness (QED) is 0.374. The first kappa shape index (κ1) is 19.6. The number of aromatic nitrogens is 2. The second-order valence-electron chi connectivity index (χ2n) is 7.44. The lowest BCUT2D eigenvalue weighted by Crippen LogP contribution is -2.14. The van der Waals surface area contributed by atoms with E-state index in [4.69, 9.17) is 11.8 Å². The molecule has 1 N–H and O–H groups in total. The van der Waals surface area contributed by atoms with E-state index in [0.717, 1.165) is 37.1 Å². The monoisotopic (exact) mass is 412 g/mol. The third-order valence-electron chi connectivity index (χ3n) is 5.10. The van der Waals surface area contributed by atoms with E-state index in [9.17, 15) is 9.18 Å². The molecule has 0 atom stereocenters. The molecule has 2 fully saturated rings. The summed E-state index contributed by atoms with van der Waals surface area (Å²) in [6.45, 7) is 1.80. The molecular weight excluding hydrogens is 391 g/mol. The van der Waals surface area contributed by atoms with Crippen LogP contribution in [0, 0.1) is 5.82 Å². The highest BCUT2D eigenvalue weighted by Gasteiger charge is 2.33. The van der Waals surface area contributed by atoms with Gasteiger partial charge in [-0.1, -0.05) is 12.2 Å². The molecule has 0 spiro atoms. The Hall–Kier alpha value is -2.73. The van der Waals surface area contributed by atoms with Gasteiger partial charge in [0.15, 0.2) is 5.82 Å². The average Bonchev–Trinajstić information content (AvgIpc) is 3.63. The minimum Gasteiger partial charge on any atom is -0.322 e. The molecule has 150 valence electrons. The number of halogens is 2. The largest absolute Gasteiger partial charge is 0.322 e. The van der Waals surface area contributed by atoms with Crippen LogP contribution in [0.5, 0.6) is 0 Å². The number of nitrogens with zero attached hydrogens (tertiary/aromatic N) is 3. The van der Waals surface area contributed by atoms with E-state index in [0.29, 0.717) is 28.8 Å². The number of anilines is 1. The molecule has 2 aromatic rings. The number of benzene rings is 1. The van der Waals surface area contributed by atoms with Crippen LogP contribution in [0.4, 0.5) is 10.1 Å². The fourth-order valence-electron chi connectivity index (χ4n) is 3.31. The Bertz CT molecular complexity index is 1020. The molecule has 7 heteroatoms. The van der Waals surface area contributed by atoms with E-state index in [2.05, 4.69) is 21.0 Å². The van der Waals surface area contributed by atoms with Crippen LogP contribution in [-0.4, -0.2) is 21.9 Å². The summed E-state index contributed by atoms with van der Waals surface area (Å²) in [4.78, 5) is 12.4. The third-order valence-corrected chi connectivity index (χ3v) is 5.21. The van der Waals surface area contributed by atoms with Crippen LogP contribution in [0.25, 0.3) is 5.69 Å². The molecule has 0 unspecified atom stereocenters. The van der Waals surface area contributed by atoms with Gasteiger partial charge < -0.3 is 5.32 Å². The number of nitrogens with one attached hydrogen (secondary N) is 1. The SMILES string of the molecule is C/C=C\C(=C/C=NCl)C(=O)Nc1ccc(-n2nc(C3CC3)cc2C2CC2)c(F)c1. The molecule has 0 radical (unpaired) electrons. The minimum absolute atomic E-state index is 0.360. The van der Waals surface area contributed by atoms with E-state index < -0.39 is 5.82 Å². The number of rotatable bonds is 7. The number of hydrogen-bond donors (Lipinski definition) is 1. The maximum atomic E-state index is 14.9. The molecule has 5 nitrogen and oxygen atoms in total. The summed E-state index contributed by atoms with van der Waals surface area (Å²) >= 11 is 5.28. The van der Waals surface area contributed by atoms with Crippen molar-refractivity contribution in [2.24, 2.45) is 4.51 Å². The van der Waals surface area contributed by atoms with Crippen molar-refractivity contribution in [1.82, 2.24) is 9.78 Å². The summed E-state index contributed by atoms with van der Waals surface area (Å²) in [7, 11) is 0. The first-order chi connectivity index (χ1) is 14.1. The molecule has 1 heterocycles. The van der Waals surface area contributed by atoms with Gasteiger partial charge in [0.05, 0.1) is 5.69 Å². The Morgan fingerprint density at radius 2 is 2.03 bits per heavy atom. The van der Waals surface area contributed by atoms with E-state index in [1.807, 2.05) is 0 Å². The molecule has 2 saturated carbocycles. The van der Waals surface area contributed by atoms with E-state index in [-0.39, 0.29) is 5.91 Å². The van der Waals surface area contributed by atoms with Crippen molar-refractivity contribution < 1.29 is 9.18 Å². The van der Waals surface area contributed by atoms with Crippen molar-refractivity contribution in [1.29, 1.82) is 0 Å².